The predicted molar refractivity (Wildman–Crippen MR) is 89.7 cm³/mol. The average molecular weight is 351 g/mol. The zero-order valence-corrected chi connectivity index (χ0v) is 14.4. The molecule has 2 aromatic rings. The smallest absolute Gasteiger partial charge is 0.326 e. The highest BCUT2D eigenvalue weighted by molar-refractivity contribution is 6.30. The van der Waals surface area contributed by atoms with Crippen LogP contribution >= 0.6 is 11.6 Å². The van der Waals surface area contributed by atoms with Crippen LogP contribution in [-0.2, 0) is 16.0 Å². The normalized spacial score (nSPS) is 12.7. The summed E-state index contributed by atoms with van der Waals surface area (Å²) in [4.78, 5) is 27.6. The van der Waals surface area contributed by atoms with Crippen LogP contribution in [0, 0.1) is 5.41 Å². The van der Waals surface area contributed by atoms with E-state index in [2.05, 4.69) is 10.3 Å². The second-order valence-electron chi connectivity index (χ2n) is 6.53. The number of rotatable bonds is 5. The first-order chi connectivity index (χ1) is 11.2. The number of amides is 1. The lowest BCUT2D eigenvalue weighted by Crippen LogP contribution is -2.49. The molecule has 0 aliphatic carbocycles. The van der Waals surface area contributed by atoms with Gasteiger partial charge in [-0.05, 0) is 29.7 Å². The highest BCUT2D eigenvalue weighted by atomic mass is 35.5. The van der Waals surface area contributed by atoms with Gasteiger partial charge in [0.2, 0.25) is 11.8 Å². The fourth-order valence-electron chi connectivity index (χ4n) is 2.14. The number of nitrogens with one attached hydrogen (secondary N) is 1. The number of carboxylic acid groups (broad SMARTS) is 1. The van der Waals surface area contributed by atoms with Crippen molar-refractivity contribution in [3.63, 3.8) is 0 Å². The summed E-state index contributed by atoms with van der Waals surface area (Å²) in [5.41, 5.74) is 0.569. The van der Waals surface area contributed by atoms with Crippen LogP contribution in [-0.4, -0.2) is 28.0 Å². The molecule has 1 aromatic carbocycles. The van der Waals surface area contributed by atoms with Gasteiger partial charge in [-0.15, -0.1) is 0 Å². The molecule has 7 heteroatoms. The van der Waals surface area contributed by atoms with E-state index in [9.17, 15) is 14.7 Å². The van der Waals surface area contributed by atoms with Crippen LogP contribution in [0.5, 0.6) is 0 Å². The molecule has 2 rings (SSSR count). The Labute approximate surface area is 144 Å². The van der Waals surface area contributed by atoms with E-state index >= 15 is 0 Å². The van der Waals surface area contributed by atoms with Gasteiger partial charge in [0.15, 0.2) is 0 Å². The lowest BCUT2D eigenvalue weighted by molar-refractivity contribution is -0.144. The Morgan fingerprint density at radius 1 is 1.29 bits per heavy atom. The molecule has 1 amide bonds. The minimum Gasteiger partial charge on any atom is -0.480 e. The number of oxazole rings is 1. The molecule has 2 N–H and O–H groups in total. The van der Waals surface area contributed by atoms with Crippen molar-refractivity contribution in [3.05, 3.63) is 41.2 Å². The Kier molecular flexibility index (Phi) is 5.29. The van der Waals surface area contributed by atoms with Crippen LogP contribution in [0.25, 0.3) is 11.5 Å². The third-order valence-corrected chi connectivity index (χ3v) is 3.65. The van der Waals surface area contributed by atoms with Gasteiger partial charge in [-0.1, -0.05) is 32.4 Å². The Morgan fingerprint density at radius 3 is 2.46 bits per heavy atom. The number of halogens is 1. The van der Waals surface area contributed by atoms with Crippen molar-refractivity contribution in [2.75, 3.05) is 0 Å². The monoisotopic (exact) mass is 350 g/mol. The molecule has 1 atom stereocenters. The summed E-state index contributed by atoms with van der Waals surface area (Å²) >= 11 is 5.83. The molecule has 6 nitrogen and oxygen atoms in total. The van der Waals surface area contributed by atoms with Gasteiger partial charge in [-0.2, -0.15) is 0 Å². The number of hydrogen-bond acceptors (Lipinski definition) is 4. The third-order valence-electron chi connectivity index (χ3n) is 3.40. The molecule has 0 saturated carbocycles. The molecule has 0 saturated heterocycles. The Balaban J connectivity index is 2.05. The van der Waals surface area contributed by atoms with Gasteiger partial charge in [-0.3, -0.25) is 4.79 Å². The molecule has 0 aliphatic rings. The summed E-state index contributed by atoms with van der Waals surface area (Å²) in [6, 6.07) is 5.98. The van der Waals surface area contributed by atoms with Crippen molar-refractivity contribution in [2.24, 2.45) is 5.41 Å². The summed E-state index contributed by atoms with van der Waals surface area (Å²) in [5, 5.41) is 12.4. The van der Waals surface area contributed by atoms with Crippen molar-refractivity contribution >= 4 is 23.5 Å². The molecule has 0 fully saturated rings. The van der Waals surface area contributed by atoms with Gasteiger partial charge >= 0.3 is 5.97 Å². The number of carboxylic acids is 1. The van der Waals surface area contributed by atoms with Gasteiger partial charge in [0.25, 0.3) is 0 Å². The van der Waals surface area contributed by atoms with Crippen LogP contribution in [0.4, 0.5) is 0 Å². The molecule has 128 valence electrons. The molecule has 0 radical (unpaired) electrons. The van der Waals surface area contributed by atoms with Gasteiger partial charge < -0.3 is 14.8 Å². The van der Waals surface area contributed by atoms with Gasteiger partial charge in [0, 0.05) is 10.6 Å². The van der Waals surface area contributed by atoms with E-state index < -0.39 is 23.3 Å². The highest BCUT2D eigenvalue weighted by Gasteiger charge is 2.32. The summed E-state index contributed by atoms with van der Waals surface area (Å²) in [6.07, 6.45) is 1.33. The lowest BCUT2D eigenvalue weighted by atomic mass is 9.86. The van der Waals surface area contributed by atoms with Crippen LogP contribution < -0.4 is 5.32 Å². The lowest BCUT2D eigenvalue weighted by Gasteiger charge is -2.27. The zero-order valence-electron chi connectivity index (χ0n) is 13.7. The SMILES string of the molecule is CC(C)(C)[C@H](NC(=O)Cc1coc(-c2ccc(Cl)cc2)n1)C(=O)O. The number of nitrogens with zero attached hydrogens (tertiary/aromatic N) is 1. The van der Waals surface area contributed by atoms with Crippen molar-refractivity contribution in [3.8, 4) is 11.5 Å². The maximum atomic E-state index is 12.1. The van der Waals surface area contributed by atoms with E-state index in [1.54, 1.807) is 45.0 Å². The molecule has 0 unspecified atom stereocenters. The van der Waals surface area contributed by atoms with E-state index in [-0.39, 0.29) is 6.42 Å². The number of benzene rings is 1. The topological polar surface area (TPSA) is 92.4 Å². The molecule has 0 spiro atoms. The first-order valence-corrected chi connectivity index (χ1v) is 7.77. The first-order valence-electron chi connectivity index (χ1n) is 7.39. The fraction of sp³-hybridized carbons (Fsp3) is 0.353. The molecule has 1 heterocycles. The molecule has 1 aromatic heterocycles. The Bertz CT molecular complexity index is 732. The average Bonchev–Trinajstić information content (AvgIpc) is 2.92. The molecule has 24 heavy (non-hydrogen) atoms. The van der Waals surface area contributed by atoms with E-state index in [1.807, 2.05) is 0 Å². The number of aromatic nitrogens is 1. The minimum absolute atomic E-state index is 0.0586. The van der Waals surface area contributed by atoms with E-state index in [0.29, 0.717) is 16.6 Å². The molecule has 0 aliphatic heterocycles. The maximum absolute atomic E-state index is 12.1. The summed E-state index contributed by atoms with van der Waals surface area (Å²) in [6.45, 7) is 5.25. The fourth-order valence-corrected chi connectivity index (χ4v) is 2.26. The van der Waals surface area contributed by atoms with E-state index in [1.165, 1.54) is 6.26 Å². The number of hydrogen-bond donors (Lipinski definition) is 2. The summed E-state index contributed by atoms with van der Waals surface area (Å²) in [5.74, 6) is -1.12. The minimum atomic E-state index is -1.07. The van der Waals surface area contributed by atoms with Gasteiger partial charge in [0.05, 0.1) is 12.1 Å². The standard InChI is InChI=1S/C17H19ClN2O4/c1-17(2,3)14(16(22)23)20-13(21)8-12-9-24-15(19-12)10-4-6-11(18)7-5-10/h4-7,9,14H,8H2,1-3H3,(H,20,21)(H,22,23)/t14-/m1/s1. The van der Waals surface area contributed by atoms with Gasteiger partial charge in [0.1, 0.15) is 12.3 Å². The van der Waals surface area contributed by atoms with Crippen molar-refractivity contribution in [2.45, 2.75) is 33.2 Å². The number of carbonyl (C=O) groups is 2. The van der Waals surface area contributed by atoms with E-state index in [0.717, 1.165) is 5.56 Å². The molecular weight excluding hydrogens is 332 g/mol. The summed E-state index contributed by atoms with van der Waals surface area (Å²) in [7, 11) is 0. The Morgan fingerprint density at radius 2 is 1.92 bits per heavy atom. The van der Waals surface area contributed by atoms with Crippen LogP contribution in [0.1, 0.15) is 26.5 Å². The van der Waals surface area contributed by atoms with E-state index in [4.69, 9.17) is 16.0 Å². The van der Waals surface area contributed by atoms with Crippen molar-refractivity contribution in [1.29, 1.82) is 0 Å². The van der Waals surface area contributed by atoms with Crippen LogP contribution in [0.2, 0.25) is 5.02 Å². The quantitative estimate of drug-likeness (QED) is 0.864. The first kappa shape index (κ1) is 18.0. The van der Waals surface area contributed by atoms with Crippen molar-refractivity contribution in [1.82, 2.24) is 10.3 Å². The zero-order chi connectivity index (χ0) is 17.9. The number of aliphatic carboxylic acids is 1. The molecule has 0 bridgehead atoms. The highest BCUT2D eigenvalue weighted by Crippen LogP contribution is 2.22. The van der Waals surface area contributed by atoms with Gasteiger partial charge in [-0.25, -0.2) is 9.78 Å². The maximum Gasteiger partial charge on any atom is 0.326 e. The van der Waals surface area contributed by atoms with Crippen LogP contribution in [0.3, 0.4) is 0 Å². The second-order valence-corrected chi connectivity index (χ2v) is 6.97. The summed E-state index contributed by atoms with van der Waals surface area (Å²) < 4.78 is 5.36. The molecular formula is C17H19ClN2O4. The number of carbonyl (C=O) groups excluding carboxylic acids is 1. The predicted octanol–water partition coefficient (Wildman–Crippen LogP) is 3.15. The van der Waals surface area contributed by atoms with Crippen molar-refractivity contribution < 1.29 is 19.1 Å². The van der Waals surface area contributed by atoms with Crippen LogP contribution in [0.15, 0.2) is 34.9 Å². The largest absolute Gasteiger partial charge is 0.480 e. The third kappa shape index (κ3) is 4.58. The second kappa shape index (κ2) is 7.05. The Hall–Kier alpha value is -2.34.